The Balaban J connectivity index is 2.30. The van der Waals surface area contributed by atoms with Crippen LogP contribution in [0.5, 0.6) is 0 Å². The van der Waals surface area contributed by atoms with Crippen molar-refractivity contribution in [2.75, 3.05) is 13.2 Å². The first-order chi connectivity index (χ1) is 8.00. The van der Waals surface area contributed by atoms with Crippen molar-refractivity contribution in [3.63, 3.8) is 0 Å². The van der Waals surface area contributed by atoms with E-state index in [0.717, 1.165) is 12.8 Å². The average molecular weight is 239 g/mol. The Hall–Kier alpha value is -1.32. The molecule has 1 saturated heterocycles. The van der Waals surface area contributed by atoms with Gasteiger partial charge in [0.25, 0.3) is 0 Å². The van der Waals surface area contributed by atoms with Crippen LogP contribution in [0.3, 0.4) is 0 Å². The molecule has 96 valence electrons. The summed E-state index contributed by atoms with van der Waals surface area (Å²) in [6, 6.07) is 0. The molecule has 2 amide bonds. The molecular weight excluding hydrogens is 218 g/mol. The normalized spacial score (nSPS) is 16.6. The van der Waals surface area contributed by atoms with E-state index in [0.29, 0.717) is 25.5 Å². The Morgan fingerprint density at radius 3 is 2.76 bits per heavy atom. The molecule has 0 aromatic heterocycles. The fourth-order valence-corrected chi connectivity index (χ4v) is 1.79. The standard InChI is InChI=1S/C13H21NO3/c1-10(2)5-4-6-11(3)9-12(15)14-7-8-17-13(14)16/h5,11H,4,6-9H2,1-3H3/t11-/m1/s1. The number of cyclic esters (lactones) is 1. The molecule has 1 rings (SSSR count). The summed E-state index contributed by atoms with van der Waals surface area (Å²) in [6.45, 7) is 6.90. The van der Waals surface area contributed by atoms with Crippen molar-refractivity contribution >= 4 is 12.0 Å². The molecule has 0 spiro atoms. The molecule has 1 fully saturated rings. The van der Waals surface area contributed by atoms with Gasteiger partial charge in [0.05, 0.1) is 6.54 Å². The Labute approximate surface area is 103 Å². The molecule has 0 N–H and O–H groups in total. The summed E-state index contributed by atoms with van der Waals surface area (Å²) in [7, 11) is 0. The lowest BCUT2D eigenvalue weighted by molar-refractivity contribution is -0.128. The molecule has 0 radical (unpaired) electrons. The van der Waals surface area contributed by atoms with E-state index in [4.69, 9.17) is 4.74 Å². The summed E-state index contributed by atoms with van der Waals surface area (Å²) in [6.07, 6.45) is 4.06. The first kappa shape index (κ1) is 13.7. The van der Waals surface area contributed by atoms with Gasteiger partial charge >= 0.3 is 6.09 Å². The SMILES string of the molecule is CC(C)=CCC[C@@H](C)CC(=O)N1CCOC1=O. The van der Waals surface area contributed by atoms with Gasteiger partial charge in [0.2, 0.25) is 5.91 Å². The van der Waals surface area contributed by atoms with Gasteiger partial charge in [-0.15, -0.1) is 0 Å². The summed E-state index contributed by atoms with van der Waals surface area (Å²) in [4.78, 5) is 24.2. The Bertz CT molecular complexity index is 319. The van der Waals surface area contributed by atoms with Crippen molar-refractivity contribution in [2.24, 2.45) is 5.92 Å². The van der Waals surface area contributed by atoms with Crippen molar-refractivity contribution in [3.05, 3.63) is 11.6 Å². The Morgan fingerprint density at radius 2 is 2.24 bits per heavy atom. The van der Waals surface area contributed by atoms with Crippen molar-refractivity contribution < 1.29 is 14.3 Å². The summed E-state index contributed by atoms with van der Waals surface area (Å²) in [5.41, 5.74) is 1.30. The average Bonchev–Trinajstić information content (AvgIpc) is 2.63. The first-order valence-electron chi connectivity index (χ1n) is 6.11. The number of hydrogen-bond acceptors (Lipinski definition) is 3. The predicted molar refractivity (Wildman–Crippen MR) is 65.5 cm³/mol. The number of nitrogens with zero attached hydrogens (tertiary/aromatic N) is 1. The number of rotatable bonds is 5. The predicted octanol–water partition coefficient (Wildman–Crippen LogP) is 2.74. The highest BCUT2D eigenvalue weighted by Crippen LogP contribution is 2.15. The molecule has 0 bridgehead atoms. The highest BCUT2D eigenvalue weighted by Gasteiger charge is 2.28. The minimum atomic E-state index is -0.494. The Kier molecular flexibility index (Phi) is 5.19. The lowest BCUT2D eigenvalue weighted by atomic mass is 10.0. The highest BCUT2D eigenvalue weighted by atomic mass is 16.6. The fourth-order valence-electron chi connectivity index (χ4n) is 1.79. The third kappa shape index (κ3) is 4.59. The largest absolute Gasteiger partial charge is 0.447 e. The van der Waals surface area contributed by atoms with Crippen LogP contribution in [-0.2, 0) is 9.53 Å². The molecule has 1 atom stereocenters. The second-order valence-electron chi connectivity index (χ2n) is 4.83. The lowest BCUT2D eigenvalue weighted by Crippen LogP contribution is -2.32. The number of ether oxygens (including phenoxy) is 1. The van der Waals surface area contributed by atoms with Gasteiger partial charge in [-0.25, -0.2) is 9.69 Å². The van der Waals surface area contributed by atoms with Gasteiger partial charge in [0.1, 0.15) is 6.61 Å². The molecular formula is C13H21NO3. The molecule has 0 aromatic rings. The number of imide groups is 1. The fraction of sp³-hybridized carbons (Fsp3) is 0.692. The topological polar surface area (TPSA) is 46.6 Å². The molecule has 17 heavy (non-hydrogen) atoms. The second-order valence-corrected chi connectivity index (χ2v) is 4.83. The smallest absolute Gasteiger partial charge is 0.416 e. The van der Waals surface area contributed by atoms with Gasteiger partial charge in [-0.05, 0) is 32.6 Å². The van der Waals surface area contributed by atoms with Gasteiger partial charge in [0, 0.05) is 6.42 Å². The molecule has 1 heterocycles. The molecule has 0 saturated carbocycles. The summed E-state index contributed by atoms with van der Waals surface area (Å²) < 4.78 is 4.74. The van der Waals surface area contributed by atoms with Crippen LogP contribution in [0.15, 0.2) is 11.6 Å². The summed E-state index contributed by atoms with van der Waals surface area (Å²) in [5, 5.41) is 0. The number of hydrogen-bond donors (Lipinski definition) is 0. The number of amides is 2. The van der Waals surface area contributed by atoms with Crippen molar-refractivity contribution in [1.29, 1.82) is 0 Å². The lowest BCUT2D eigenvalue weighted by Gasteiger charge is -2.14. The van der Waals surface area contributed by atoms with E-state index in [-0.39, 0.29) is 5.91 Å². The molecule has 4 nitrogen and oxygen atoms in total. The molecule has 0 aromatic carbocycles. The van der Waals surface area contributed by atoms with Crippen LogP contribution >= 0.6 is 0 Å². The van der Waals surface area contributed by atoms with Crippen LogP contribution in [0.25, 0.3) is 0 Å². The van der Waals surface area contributed by atoms with Crippen molar-refractivity contribution in [2.45, 2.75) is 40.0 Å². The van der Waals surface area contributed by atoms with Gasteiger partial charge in [-0.2, -0.15) is 0 Å². The zero-order valence-corrected chi connectivity index (χ0v) is 10.9. The third-order valence-corrected chi connectivity index (χ3v) is 2.80. The van der Waals surface area contributed by atoms with Crippen molar-refractivity contribution in [1.82, 2.24) is 4.90 Å². The third-order valence-electron chi connectivity index (χ3n) is 2.80. The van der Waals surface area contributed by atoms with E-state index in [1.54, 1.807) is 0 Å². The van der Waals surface area contributed by atoms with Crippen LogP contribution < -0.4 is 0 Å². The summed E-state index contributed by atoms with van der Waals surface area (Å²) >= 11 is 0. The van der Waals surface area contributed by atoms with Crippen LogP contribution in [-0.4, -0.2) is 30.1 Å². The maximum Gasteiger partial charge on any atom is 0.416 e. The quantitative estimate of drug-likeness (QED) is 0.693. The zero-order valence-electron chi connectivity index (χ0n) is 10.9. The number of allylic oxidation sites excluding steroid dienone is 2. The van der Waals surface area contributed by atoms with Crippen LogP contribution in [0.2, 0.25) is 0 Å². The minimum absolute atomic E-state index is 0.114. The maximum atomic E-state index is 11.8. The van der Waals surface area contributed by atoms with E-state index in [1.807, 2.05) is 6.92 Å². The zero-order chi connectivity index (χ0) is 12.8. The summed E-state index contributed by atoms with van der Waals surface area (Å²) in [5.74, 6) is 0.184. The van der Waals surface area contributed by atoms with E-state index < -0.39 is 6.09 Å². The molecule has 0 aliphatic carbocycles. The number of carbonyl (C=O) groups excluding carboxylic acids is 2. The monoisotopic (exact) mass is 239 g/mol. The Morgan fingerprint density at radius 1 is 1.53 bits per heavy atom. The van der Waals surface area contributed by atoms with Crippen molar-refractivity contribution in [3.8, 4) is 0 Å². The van der Waals surface area contributed by atoms with E-state index >= 15 is 0 Å². The van der Waals surface area contributed by atoms with Gasteiger partial charge in [-0.3, -0.25) is 4.79 Å². The molecule has 1 aliphatic heterocycles. The minimum Gasteiger partial charge on any atom is -0.447 e. The van der Waals surface area contributed by atoms with E-state index in [9.17, 15) is 9.59 Å². The van der Waals surface area contributed by atoms with Gasteiger partial charge in [-0.1, -0.05) is 18.6 Å². The molecule has 1 aliphatic rings. The first-order valence-corrected chi connectivity index (χ1v) is 6.11. The maximum absolute atomic E-state index is 11.8. The van der Waals surface area contributed by atoms with Crippen LogP contribution in [0, 0.1) is 5.92 Å². The van der Waals surface area contributed by atoms with Gasteiger partial charge < -0.3 is 4.74 Å². The molecule has 0 unspecified atom stereocenters. The number of carbonyl (C=O) groups is 2. The van der Waals surface area contributed by atoms with Gasteiger partial charge in [0.15, 0.2) is 0 Å². The van der Waals surface area contributed by atoms with E-state index in [2.05, 4.69) is 19.9 Å². The van der Waals surface area contributed by atoms with Crippen LogP contribution in [0.1, 0.15) is 40.0 Å². The van der Waals surface area contributed by atoms with Crippen LogP contribution in [0.4, 0.5) is 4.79 Å². The van der Waals surface area contributed by atoms with E-state index in [1.165, 1.54) is 10.5 Å². The second kappa shape index (κ2) is 6.42. The molecule has 4 heteroatoms. The highest BCUT2D eigenvalue weighted by molar-refractivity contribution is 5.92.